The molecule has 0 aromatic heterocycles. The van der Waals surface area contributed by atoms with E-state index < -0.39 is 0 Å². The lowest BCUT2D eigenvalue weighted by Crippen LogP contribution is -2.37. The molecular formula is C14H23N3O. The van der Waals surface area contributed by atoms with E-state index in [1.165, 1.54) is 6.42 Å². The molecule has 1 rings (SSSR count). The van der Waals surface area contributed by atoms with Crippen molar-refractivity contribution in [2.45, 2.75) is 33.2 Å². The van der Waals surface area contributed by atoms with Crippen LogP contribution in [-0.4, -0.2) is 24.2 Å². The molecule has 0 radical (unpaired) electrons. The number of nitrogens with one attached hydrogen (secondary N) is 2. The van der Waals surface area contributed by atoms with Crippen molar-refractivity contribution >= 4 is 5.96 Å². The Morgan fingerprint density at radius 3 is 2.78 bits per heavy atom. The lowest BCUT2D eigenvalue weighted by atomic mass is 10.2. The Morgan fingerprint density at radius 1 is 1.28 bits per heavy atom. The van der Waals surface area contributed by atoms with Gasteiger partial charge in [-0.2, -0.15) is 0 Å². The first-order valence-electron chi connectivity index (χ1n) is 6.56. The predicted molar refractivity (Wildman–Crippen MR) is 75.8 cm³/mol. The molecule has 18 heavy (non-hydrogen) atoms. The van der Waals surface area contributed by atoms with Gasteiger partial charge in [0.15, 0.2) is 5.96 Å². The van der Waals surface area contributed by atoms with E-state index in [1.54, 1.807) is 12.1 Å². The van der Waals surface area contributed by atoms with Gasteiger partial charge in [-0.25, -0.2) is 4.99 Å². The fraction of sp³-hybridized carbons (Fsp3) is 0.500. The highest BCUT2D eigenvalue weighted by Crippen LogP contribution is 2.11. The molecule has 1 aromatic rings. The van der Waals surface area contributed by atoms with Crippen LogP contribution in [0.2, 0.25) is 0 Å². The molecule has 0 heterocycles. The summed E-state index contributed by atoms with van der Waals surface area (Å²) in [5.74, 6) is 1.11. The molecule has 0 unspecified atom stereocenters. The fourth-order valence-electron chi connectivity index (χ4n) is 1.55. The van der Waals surface area contributed by atoms with Gasteiger partial charge < -0.3 is 15.7 Å². The molecule has 0 spiro atoms. The molecule has 100 valence electrons. The largest absolute Gasteiger partial charge is 0.508 e. The molecule has 3 N–H and O–H groups in total. The van der Waals surface area contributed by atoms with Crippen molar-refractivity contribution in [2.75, 3.05) is 13.1 Å². The van der Waals surface area contributed by atoms with Crippen molar-refractivity contribution in [3.8, 4) is 5.75 Å². The van der Waals surface area contributed by atoms with Gasteiger partial charge >= 0.3 is 0 Å². The fourth-order valence-corrected chi connectivity index (χ4v) is 1.55. The second-order valence-electron chi connectivity index (χ2n) is 4.15. The Bertz CT molecular complexity index is 377. The maximum absolute atomic E-state index is 9.38. The van der Waals surface area contributed by atoms with Gasteiger partial charge in [-0.05, 0) is 31.0 Å². The van der Waals surface area contributed by atoms with Crippen LogP contribution >= 0.6 is 0 Å². The van der Waals surface area contributed by atoms with Crippen LogP contribution in [0.25, 0.3) is 0 Å². The van der Waals surface area contributed by atoms with E-state index in [4.69, 9.17) is 0 Å². The molecule has 4 heteroatoms. The number of hydrogen-bond donors (Lipinski definition) is 3. The number of unbranched alkanes of at least 4 members (excludes halogenated alkanes) is 1. The van der Waals surface area contributed by atoms with Crippen LogP contribution in [0.4, 0.5) is 0 Å². The summed E-state index contributed by atoms with van der Waals surface area (Å²) < 4.78 is 0. The van der Waals surface area contributed by atoms with Crippen molar-refractivity contribution in [1.82, 2.24) is 10.6 Å². The Morgan fingerprint density at radius 2 is 2.11 bits per heavy atom. The van der Waals surface area contributed by atoms with Crippen LogP contribution in [0.3, 0.4) is 0 Å². The van der Waals surface area contributed by atoms with Crippen LogP contribution in [0.5, 0.6) is 5.75 Å². The topological polar surface area (TPSA) is 56.7 Å². The number of phenols is 1. The quantitative estimate of drug-likeness (QED) is 0.412. The molecule has 0 saturated carbocycles. The van der Waals surface area contributed by atoms with Crippen LogP contribution < -0.4 is 10.6 Å². The third kappa shape index (κ3) is 5.57. The second-order valence-corrected chi connectivity index (χ2v) is 4.15. The van der Waals surface area contributed by atoms with E-state index in [1.807, 2.05) is 19.1 Å². The SMILES string of the molecule is CCCCNC(=NCc1cccc(O)c1)NCC. The summed E-state index contributed by atoms with van der Waals surface area (Å²) in [5, 5.41) is 15.9. The summed E-state index contributed by atoms with van der Waals surface area (Å²) in [6.45, 7) is 6.56. The summed E-state index contributed by atoms with van der Waals surface area (Å²) in [7, 11) is 0. The van der Waals surface area contributed by atoms with Gasteiger partial charge in [0.1, 0.15) is 5.75 Å². The minimum Gasteiger partial charge on any atom is -0.508 e. The number of phenolic OH excluding ortho intramolecular Hbond substituents is 1. The first kappa shape index (κ1) is 14.4. The van der Waals surface area contributed by atoms with Gasteiger partial charge in [-0.15, -0.1) is 0 Å². The van der Waals surface area contributed by atoms with E-state index in [-0.39, 0.29) is 5.75 Å². The smallest absolute Gasteiger partial charge is 0.191 e. The number of hydrogen-bond acceptors (Lipinski definition) is 2. The Hall–Kier alpha value is -1.71. The molecule has 0 fully saturated rings. The molecule has 0 amide bonds. The van der Waals surface area contributed by atoms with E-state index in [9.17, 15) is 5.11 Å². The lowest BCUT2D eigenvalue weighted by molar-refractivity contribution is 0.474. The molecule has 0 aliphatic heterocycles. The van der Waals surface area contributed by atoms with Crippen molar-refractivity contribution in [1.29, 1.82) is 0 Å². The summed E-state index contributed by atoms with van der Waals surface area (Å²) in [4.78, 5) is 4.48. The van der Waals surface area contributed by atoms with Gasteiger partial charge in [-0.3, -0.25) is 0 Å². The molecule has 0 bridgehead atoms. The summed E-state index contributed by atoms with van der Waals surface area (Å²) in [6, 6.07) is 7.19. The van der Waals surface area contributed by atoms with Crippen molar-refractivity contribution in [3.05, 3.63) is 29.8 Å². The van der Waals surface area contributed by atoms with Crippen LogP contribution in [-0.2, 0) is 6.54 Å². The maximum atomic E-state index is 9.38. The minimum atomic E-state index is 0.284. The highest BCUT2D eigenvalue weighted by atomic mass is 16.3. The van der Waals surface area contributed by atoms with Crippen LogP contribution in [0, 0.1) is 0 Å². The van der Waals surface area contributed by atoms with Gasteiger partial charge in [-0.1, -0.05) is 25.5 Å². The zero-order valence-corrected chi connectivity index (χ0v) is 11.2. The molecule has 0 saturated heterocycles. The Balaban J connectivity index is 2.53. The number of benzene rings is 1. The molecular weight excluding hydrogens is 226 g/mol. The summed E-state index contributed by atoms with van der Waals surface area (Å²) >= 11 is 0. The first-order valence-corrected chi connectivity index (χ1v) is 6.56. The van der Waals surface area contributed by atoms with Crippen LogP contribution in [0.15, 0.2) is 29.3 Å². The van der Waals surface area contributed by atoms with Crippen molar-refractivity contribution < 1.29 is 5.11 Å². The van der Waals surface area contributed by atoms with Gasteiger partial charge in [0.2, 0.25) is 0 Å². The maximum Gasteiger partial charge on any atom is 0.191 e. The number of aromatic hydroxyl groups is 1. The zero-order chi connectivity index (χ0) is 13.2. The average Bonchev–Trinajstić information content (AvgIpc) is 2.36. The number of aliphatic imine (C=N–C) groups is 1. The molecule has 1 aromatic carbocycles. The normalized spacial score (nSPS) is 11.3. The highest BCUT2D eigenvalue weighted by Gasteiger charge is 1.97. The molecule has 0 atom stereocenters. The Kier molecular flexibility index (Phi) is 6.69. The Labute approximate surface area is 109 Å². The van der Waals surface area contributed by atoms with E-state index in [2.05, 4.69) is 22.5 Å². The highest BCUT2D eigenvalue weighted by molar-refractivity contribution is 5.79. The third-order valence-corrected chi connectivity index (χ3v) is 2.50. The second kappa shape index (κ2) is 8.39. The van der Waals surface area contributed by atoms with Crippen molar-refractivity contribution in [3.63, 3.8) is 0 Å². The first-order chi connectivity index (χ1) is 8.76. The standard InChI is InChI=1S/C14H23N3O/c1-3-5-9-16-14(15-4-2)17-11-12-7-6-8-13(18)10-12/h6-8,10,18H,3-5,9,11H2,1-2H3,(H2,15,16,17). The zero-order valence-electron chi connectivity index (χ0n) is 11.2. The van der Waals surface area contributed by atoms with Crippen LogP contribution in [0.1, 0.15) is 32.3 Å². The number of nitrogens with zero attached hydrogens (tertiary/aromatic N) is 1. The molecule has 0 aliphatic carbocycles. The predicted octanol–water partition coefficient (Wildman–Crippen LogP) is 2.25. The summed E-state index contributed by atoms with van der Waals surface area (Å²) in [5.41, 5.74) is 1.00. The monoisotopic (exact) mass is 249 g/mol. The van der Waals surface area contributed by atoms with Gasteiger partial charge in [0, 0.05) is 13.1 Å². The van der Waals surface area contributed by atoms with E-state index in [0.29, 0.717) is 6.54 Å². The molecule has 0 aliphatic rings. The lowest BCUT2D eigenvalue weighted by Gasteiger charge is -2.10. The van der Waals surface area contributed by atoms with Gasteiger partial charge in [0.05, 0.1) is 6.54 Å². The number of guanidine groups is 1. The number of rotatable bonds is 6. The van der Waals surface area contributed by atoms with E-state index >= 15 is 0 Å². The minimum absolute atomic E-state index is 0.284. The van der Waals surface area contributed by atoms with E-state index in [0.717, 1.165) is 31.0 Å². The third-order valence-electron chi connectivity index (χ3n) is 2.50. The summed E-state index contributed by atoms with van der Waals surface area (Å²) in [6.07, 6.45) is 2.30. The average molecular weight is 249 g/mol. The van der Waals surface area contributed by atoms with Gasteiger partial charge in [0.25, 0.3) is 0 Å². The van der Waals surface area contributed by atoms with Crippen molar-refractivity contribution in [2.24, 2.45) is 4.99 Å². The molecule has 4 nitrogen and oxygen atoms in total.